The van der Waals surface area contributed by atoms with Gasteiger partial charge >= 0.3 is 0 Å². The van der Waals surface area contributed by atoms with Gasteiger partial charge in [0.25, 0.3) is 0 Å². The monoisotopic (exact) mass is 442 g/mol. The first-order valence-electron chi connectivity index (χ1n) is 11.4. The van der Waals surface area contributed by atoms with Crippen molar-refractivity contribution >= 4 is 6.29 Å². The summed E-state index contributed by atoms with van der Waals surface area (Å²) in [6.07, 6.45) is 2.72. The maximum absolute atomic E-state index is 12.0. The molecule has 0 aliphatic heterocycles. The van der Waals surface area contributed by atoms with Crippen LogP contribution in [0.2, 0.25) is 0 Å². The van der Waals surface area contributed by atoms with E-state index in [1.165, 1.54) is 5.56 Å². The van der Waals surface area contributed by atoms with Gasteiger partial charge in [0.05, 0.1) is 0 Å². The summed E-state index contributed by atoms with van der Waals surface area (Å²) in [6, 6.07) is 37.6. The van der Waals surface area contributed by atoms with Crippen LogP contribution in [0.5, 0.6) is 0 Å². The molecular formula is C31H26N2O. The molecule has 0 amide bonds. The van der Waals surface area contributed by atoms with Gasteiger partial charge in [0, 0.05) is 11.8 Å². The Hall–Kier alpha value is -4.24. The Morgan fingerprint density at radius 1 is 0.676 bits per heavy atom. The molecule has 0 saturated heterocycles. The SMILES string of the molecule is Cc1cccc(-c2nc(C=O)cn2C(c2ccccc2)(c2ccccc2)c2ccccc2)c1C. The summed E-state index contributed by atoms with van der Waals surface area (Å²) in [7, 11) is 0. The van der Waals surface area contributed by atoms with E-state index < -0.39 is 5.54 Å². The lowest BCUT2D eigenvalue weighted by Crippen LogP contribution is -2.38. The zero-order chi connectivity index (χ0) is 23.5. The zero-order valence-corrected chi connectivity index (χ0v) is 19.3. The van der Waals surface area contributed by atoms with Crippen LogP contribution in [0, 0.1) is 13.8 Å². The lowest BCUT2D eigenvalue weighted by molar-refractivity contribution is 0.111. The van der Waals surface area contributed by atoms with Crippen molar-refractivity contribution in [3.8, 4) is 11.4 Å². The first-order chi connectivity index (χ1) is 16.7. The molecule has 0 aliphatic rings. The summed E-state index contributed by atoms with van der Waals surface area (Å²) >= 11 is 0. The highest BCUT2D eigenvalue weighted by Crippen LogP contribution is 2.43. The van der Waals surface area contributed by atoms with Gasteiger partial charge < -0.3 is 4.57 Å². The third-order valence-electron chi connectivity index (χ3n) is 6.63. The molecule has 3 heteroatoms. The predicted octanol–water partition coefficient (Wildman–Crippen LogP) is 6.82. The second-order valence-corrected chi connectivity index (χ2v) is 8.53. The van der Waals surface area contributed by atoms with Gasteiger partial charge in [0.1, 0.15) is 17.1 Å². The smallest absolute Gasteiger partial charge is 0.170 e. The molecule has 3 nitrogen and oxygen atoms in total. The van der Waals surface area contributed by atoms with Gasteiger partial charge in [-0.25, -0.2) is 4.98 Å². The highest BCUT2D eigenvalue weighted by molar-refractivity contribution is 5.75. The van der Waals surface area contributed by atoms with Crippen molar-refractivity contribution in [1.29, 1.82) is 0 Å². The van der Waals surface area contributed by atoms with Gasteiger partial charge in [-0.2, -0.15) is 0 Å². The molecule has 0 bridgehead atoms. The van der Waals surface area contributed by atoms with E-state index in [4.69, 9.17) is 4.98 Å². The van der Waals surface area contributed by atoms with E-state index in [2.05, 4.69) is 103 Å². The van der Waals surface area contributed by atoms with Gasteiger partial charge in [-0.1, -0.05) is 109 Å². The third-order valence-corrected chi connectivity index (χ3v) is 6.63. The van der Waals surface area contributed by atoms with Crippen molar-refractivity contribution in [3.05, 3.63) is 149 Å². The molecule has 1 heterocycles. The first kappa shape index (κ1) is 21.6. The fourth-order valence-corrected chi connectivity index (χ4v) is 4.85. The van der Waals surface area contributed by atoms with E-state index in [9.17, 15) is 4.79 Å². The number of aryl methyl sites for hydroxylation is 1. The maximum Gasteiger partial charge on any atom is 0.170 e. The molecule has 0 unspecified atom stereocenters. The van der Waals surface area contributed by atoms with Crippen molar-refractivity contribution in [2.75, 3.05) is 0 Å². The van der Waals surface area contributed by atoms with Crippen LogP contribution in [0.4, 0.5) is 0 Å². The summed E-state index contributed by atoms with van der Waals surface area (Å²) in [5, 5.41) is 0. The number of aldehydes is 1. The number of rotatable bonds is 6. The summed E-state index contributed by atoms with van der Waals surface area (Å²) in [5.74, 6) is 0.764. The largest absolute Gasteiger partial charge is 0.312 e. The summed E-state index contributed by atoms with van der Waals surface area (Å²) < 4.78 is 2.18. The van der Waals surface area contributed by atoms with Crippen molar-refractivity contribution in [2.24, 2.45) is 0 Å². The molecule has 0 saturated carbocycles. The van der Waals surface area contributed by atoms with E-state index in [0.29, 0.717) is 5.69 Å². The minimum atomic E-state index is -0.733. The Balaban J connectivity index is 1.97. The quantitative estimate of drug-likeness (QED) is 0.214. The normalized spacial score (nSPS) is 11.4. The molecule has 166 valence electrons. The molecule has 34 heavy (non-hydrogen) atoms. The Morgan fingerprint density at radius 2 is 1.18 bits per heavy atom. The van der Waals surface area contributed by atoms with Crippen LogP contribution in [-0.2, 0) is 5.54 Å². The van der Waals surface area contributed by atoms with Crippen LogP contribution in [0.3, 0.4) is 0 Å². The molecule has 0 radical (unpaired) electrons. The fourth-order valence-electron chi connectivity index (χ4n) is 4.85. The average Bonchev–Trinajstić information content (AvgIpc) is 3.33. The molecular weight excluding hydrogens is 416 g/mol. The number of carbonyl (C=O) groups excluding carboxylic acids is 1. The first-order valence-corrected chi connectivity index (χ1v) is 11.4. The number of imidazole rings is 1. The zero-order valence-electron chi connectivity index (χ0n) is 19.3. The Bertz CT molecular complexity index is 1320. The van der Waals surface area contributed by atoms with E-state index in [1.54, 1.807) is 0 Å². The molecule has 1 aromatic heterocycles. The van der Waals surface area contributed by atoms with Crippen molar-refractivity contribution in [1.82, 2.24) is 9.55 Å². The van der Waals surface area contributed by atoms with Crippen molar-refractivity contribution < 1.29 is 4.79 Å². The number of benzene rings is 4. The lowest BCUT2D eigenvalue weighted by atomic mass is 9.76. The van der Waals surface area contributed by atoms with Crippen LogP contribution < -0.4 is 0 Å². The second kappa shape index (κ2) is 8.95. The highest BCUT2D eigenvalue weighted by Gasteiger charge is 2.40. The van der Waals surface area contributed by atoms with Gasteiger partial charge in [0.15, 0.2) is 6.29 Å². The average molecular weight is 443 g/mol. The van der Waals surface area contributed by atoms with Crippen molar-refractivity contribution in [2.45, 2.75) is 19.4 Å². The number of aromatic nitrogens is 2. The molecule has 0 fully saturated rings. The van der Waals surface area contributed by atoms with Crippen LogP contribution in [0.1, 0.15) is 38.3 Å². The molecule has 0 atom stereocenters. The van der Waals surface area contributed by atoms with E-state index in [0.717, 1.165) is 39.9 Å². The predicted molar refractivity (Wildman–Crippen MR) is 137 cm³/mol. The Morgan fingerprint density at radius 3 is 1.65 bits per heavy atom. The Kier molecular flexibility index (Phi) is 5.69. The maximum atomic E-state index is 12.0. The van der Waals surface area contributed by atoms with Crippen LogP contribution in [0.15, 0.2) is 115 Å². The van der Waals surface area contributed by atoms with Crippen LogP contribution in [-0.4, -0.2) is 15.8 Å². The van der Waals surface area contributed by atoms with Crippen molar-refractivity contribution in [3.63, 3.8) is 0 Å². The van der Waals surface area contributed by atoms with Gasteiger partial charge in [-0.15, -0.1) is 0 Å². The molecule has 0 spiro atoms. The van der Waals surface area contributed by atoms with Gasteiger partial charge in [-0.05, 0) is 41.7 Å². The number of hydrogen-bond acceptors (Lipinski definition) is 2. The number of hydrogen-bond donors (Lipinski definition) is 0. The minimum absolute atomic E-state index is 0.406. The molecule has 5 aromatic rings. The van der Waals surface area contributed by atoms with Gasteiger partial charge in [0.2, 0.25) is 0 Å². The van der Waals surface area contributed by atoms with Gasteiger partial charge in [-0.3, -0.25) is 4.79 Å². The van der Waals surface area contributed by atoms with E-state index >= 15 is 0 Å². The number of nitrogens with zero attached hydrogens (tertiary/aromatic N) is 2. The van der Waals surface area contributed by atoms with E-state index in [-0.39, 0.29) is 0 Å². The summed E-state index contributed by atoms with van der Waals surface area (Å²) in [6.45, 7) is 4.21. The van der Waals surface area contributed by atoms with E-state index in [1.807, 2.05) is 30.5 Å². The molecule has 0 N–H and O–H groups in total. The highest BCUT2D eigenvalue weighted by atomic mass is 16.1. The summed E-state index contributed by atoms with van der Waals surface area (Å²) in [5.41, 5.74) is 6.29. The fraction of sp³-hybridized carbons (Fsp3) is 0.0968. The van der Waals surface area contributed by atoms with Crippen LogP contribution >= 0.6 is 0 Å². The standard InChI is InChI=1S/C31H26N2O/c1-23-13-12-20-29(24(23)2)30-32-28(22-34)21-33(30)31(25-14-6-3-7-15-25,26-16-8-4-9-17-26)27-18-10-5-11-19-27/h3-22H,1-2H3. The lowest BCUT2D eigenvalue weighted by Gasteiger charge is -2.38. The third kappa shape index (κ3) is 3.46. The molecule has 0 aliphatic carbocycles. The Labute approximate surface area is 200 Å². The van der Waals surface area contributed by atoms with Crippen LogP contribution in [0.25, 0.3) is 11.4 Å². The second-order valence-electron chi connectivity index (χ2n) is 8.53. The molecule has 5 rings (SSSR count). The number of carbonyl (C=O) groups is 1. The minimum Gasteiger partial charge on any atom is -0.312 e. The molecule has 4 aromatic carbocycles. The topological polar surface area (TPSA) is 34.9 Å². The summed E-state index contributed by atoms with van der Waals surface area (Å²) in [4.78, 5) is 16.9.